The summed E-state index contributed by atoms with van der Waals surface area (Å²) < 4.78 is 10.6. The number of esters is 1. The van der Waals surface area contributed by atoms with E-state index in [1.165, 1.54) is 26.0 Å². The highest BCUT2D eigenvalue weighted by Crippen LogP contribution is 2.19. The van der Waals surface area contributed by atoms with Crippen molar-refractivity contribution in [3.8, 4) is 0 Å². The highest BCUT2D eigenvalue weighted by atomic mass is 16.5. The molecule has 0 bridgehead atoms. The average molecular weight is 411 g/mol. The number of nitrogens with zero attached hydrogens (tertiary/aromatic N) is 1. The molecule has 1 aliphatic rings. The maximum atomic E-state index is 12.4. The van der Waals surface area contributed by atoms with Gasteiger partial charge in [0, 0.05) is 37.1 Å². The molecule has 0 aromatic heterocycles. The molecule has 158 valence electrons. The van der Waals surface area contributed by atoms with Crippen molar-refractivity contribution in [1.82, 2.24) is 0 Å². The van der Waals surface area contributed by atoms with Gasteiger partial charge in [-0.15, -0.1) is 0 Å². The molecule has 8 nitrogen and oxygen atoms in total. The van der Waals surface area contributed by atoms with Gasteiger partial charge in [-0.05, 0) is 55.5 Å². The number of hydrogen-bond acceptors (Lipinski definition) is 6. The lowest BCUT2D eigenvalue weighted by atomic mass is 10.2. The van der Waals surface area contributed by atoms with E-state index in [9.17, 15) is 14.4 Å². The number of hydrogen-bond donors (Lipinski definition) is 2. The lowest BCUT2D eigenvalue weighted by Crippen LogP contribution is -2.36. The van der Waals surface area contributed by atoms with Crippen LogP contribution >= 0.6 is 0 Å². The van der Waals surface area contributed by atoms with Crippen LogP contribution in [0.5, 0.6) is 0 Å². The van der Waals surface area contributed by atoms with Gasteiger partial charge in [0.2, 0.25) is 5.91 Å². The quantitative estimate of drug-likeness (QED) is 0.710. The largest absolute Gasteiger partial charge is 0.449 e. The Morgan fingerprint density at radius 1 is 0.933 bits per heavy atom. The van der Waals surface area contributed by atoms with Crippen molar-refractivity contribution in [3.05, 3.63) is 54.1 Å². The van der Waals surface area contributed by atoms with Gasteiger partial charge in [0.1, 0.15) is 0 Å². The van der Waals surface area contributed by atoms with E-state index in [4.69, 9.17) is 9.47 Å². The number of carbonyl (C=O) groups is 3. The molecule has 0 radical (unpaired) electrons. The third-order valence-electron chi connectivity index (χ3n) is 4.61. The van der Waals surface area contributed by atoms with Crippen molar-refractivity contribution >= 4 is 34.8 Å². The van der Waals surface area contributed by atoms with Crippen LogP contribution in [0.4, 0.5) is 17.1 Å². The lowest BCUT2D eigenvalue weighted by molar-refractivity contribution is -0.123. The monoisotopic (exact) mass is 411 g/mol. The number of rotatable bonds is 6. The second-order valence-electron chi connectivity index (χ2n) is 6.94. The molecular weight excluding hydrogens is 386 g/mol. The first-order valence-corrected chi connectivity index (χ1v) is 9.74. The molecule has 0 spiro atoms. The molecule has 1 atom stereocenters. The van der Waals surface area contributed by atoms with Crippen molar-refractivity contribution in [3.63, 3.8) is 0 Å². The molecule has 8 heteroatoms. The van der Waals surface area contributed by atoms with E-state index in [1.807, 2.05) is 24.3 Å². The molecule has 3 rings (SSSR count). The Morgan fingerprint density at radius 3 is 2.10 bits per heavy atom. The van der Waals surface area contributed by atoms with E-state index in [0.29, 0.717) is 30.2 Å². The first kappa shape index (κ1) is 21.3. The molecule has 2 N–H and O–H groups in total. The number of morpholine rings is 1. The summed E-state index contributed by atoms with van der Waals surface area (Å²) >= 11 is 0. The molecule has 1 aliphatic heterocycles. The molecule has 1 fully saturated rings. The molecule has 1 saturated heterocycles. The van der Waals surface area contributed by atoms with E-state index in [2.05, 4.69) is 15.5 Å². The van der Waals surface area contributed by atoms with Crippen LogP contribution in [-0.4, -0.2) is 50.2 Å². The van der Waals surface area contributed by atoms with Crippen LogP contribution in [0.15, 0.2) is 48.5 Å². The minimum atomic E-state index is -0.966. The summed E-state index contributed by atoms with van der Waals surface area (Å²) in [6.45, 7) is 6.00. The normalized spacial score (nSPS) is 14.5. The van der Waals surface area contributed by atoms with Gasteiger partial charge in [0.25, 0.3) is 5.91 Å². The highest BCUT2D eigenvalue weighted by Gasteiger charge is 2.19. The Kier molecular flexibility index (Phi) is 7.03. The summed E-state index contributed by atoms with van der Waals surface area (Å²) in [4.78, 5) is 37.9. The van der Waals surface area contributed by atoms with Gasteiger partial charge in [-0.1, -0.05) is 0 Å². The lowest BCUT2D eigenvalue weighted by Gasteiger charge is -2.28. The van der Waals surface area contributed by atoms with E-state index in [-0.39, 0.29) is 5.91 Å². The maximum absolute atomic E-state index is 12.4. The summed E-state index contributed by atoms with van der Waals surface area (Å²) in [7, 11) is 0. The predicted molar refractivity (Wildman–Crippen MR) is 114 cm³/mol. The predicted octanol–water partition coefficient (Wildman–Crippen LogP) is 2.67. The van der Waals surface area contributed by atoms with Gasteiger partial charge >= 0.3 is 5.97 Å². The van der Waals surface area contributed by atoms with Crippen LogP contribution in [0.2, 0.25) is 0 Å². The zero-order valence-electron chi connectivity index (χ0n) is 17.0. The van der Waals surface area contributed by atoms with Crippen LogP contribution in [0.1, 0.15) is 24.2 Å². The summed E-state index contributed by atoms with van der Waals surface area (Å²) in [6, 6.07) is 13.8. The van der Waals surface area contributed by atoms with Crippen LogP contribution in [0.25, 0.3) is 0 Å². The first-order chi connectivity index (χ1) is 14.4. The molecule has 1 heterocycles. The van der Waals surface area contributed by atoms with Crippen molar-refractivity contribution in [2.45, 2.75) is 20.0 Å². The Labute approximate surface area is 175 Å². The van der Waals surface area contributed by atoms with Gasteiger partial charge in [0.05, 0.1) is 18.8 Å². The summed E-state index contributed by atoms with van der Waals surface area (Å²) in [6.07, 6.45) is -0.966. The number of benzene rings is 2. The molecular formula is C22H25N3O5. The van der Waals surface area contributed by atoms with Crippen LogP contribution in [-0.2, 0) is 19.1 Å². The Hall–Kier alpha value is -3.39. The van der Waals surface area contributed by atoms with E-state index >= 15 is 0 Å². The maximum Gasteiger partial charge on any atom is 0.338 e. The van der Waals surface area contributed by atoms with Gasteiger partial charge in [0.15, 0.2) is 6.10 Å². The highest BCUT2D eigenvalue weighted by molar-refractivity contribution is 5.97. The summed E-state index contributed by atoms with van der Waals surface area (Å²) in [5.74, 6) is -1.24. The third-order valence-corrected chi connectivity index (χ3v) is 4.61. The van der Waals surface area contributed by atoms with E-state index < -0.39 is 18.0 Å². The van der Waals surface area contributed by atoms with Gasteiger partial charge in [-0.25, -0.2) is 4.79 Å². The number of carbonyl (C=O) groups excluding carboxylic acids is 3. The average Bonchev–Trinajstić information content (AvgIpc) is 2.75. The Morgan fingerprint density at radius 2 is 1.50 bits per heavy atom. The van der Waals surface area contributed by atoms with Crippen molar-refractivity contribution in [1.29, 1.82) is 0 Å². The number of ether oxygens (including phenoxy) is 2. The van der Waals surface area contributed by atoms with E-state index in [1.54, 1.807) is 12.1 Å². The fourth-order valence-electron chi connectivity index (χ4n) is 3.00. The summed E-state index contributed by atoms with van der Waals surface area (Å²) in [5.41, 5.74) is 2.56. The van der Waals surface area contributed by atoms with Crippen LogP contribution in [0, 0.1) is 0 Å². The molecule has 0 unspecified atom stereocenters. The molecule has 0 saturated carbocycles. The van der Waals surface area contributed by atoms with E-state index in [0.717, 1.165) is 18.8 Å². The zero-order chi connectivity index (χ0) is 21.5. The smallest absolute Gasteiger partial charge is 0.338 e. The van der Waals surface area contributed by atoms with Gasteiger partial charge in [-0.3, -0.25) is 9.59 Å². The van der Waals surface area contributed by atoms with Crippen molar-refractivity contribution in [2.24, 2.45) is 0 Å². The van der Waals surface area contributed by atoms with Crippen LogP contribution < -0.4 is 15.5 Å². The minimum absolute atomic E-state index is 0.200. The minimum Gasteiger partial charge on any atom is -0.449 e. The number of anilines is 3. The molecule has 2 aromatic rings. The molecule has 2 aromatic carbocycles. The van der Waals surface area contributed by atoms with Crippen molar-refractivity contribution in [2.75, 3.05) is 41.8 Å². The second kappa shape index (κ2) is 9.89. The SMILES string of the molecule is CC(=O)Nc1ccc(C(=O)O[C@H](C)C(=O)Nc2ccc(N3CCOCC3)cc2)cc1. The fraction of sp³-hybridized carbons (Fsp3) is 0.318. The molecule has 2 amide bonds. The first-order valence-electron chi connectivity index (χ1n) is 9.74. The number of nitrogens with one attached hydrogen (secondary N) is 2. The van der Waals surface area contributed by atoms with Crippen molar-refractivity contribution < 1.29 is 23.9 Å². The van der Waals surface area contributed by atoms with Gasteiger partial charge < -0.3 is 25.0 Å². The fourth-order valence-corrected chi connectivity index (χ4v) is 3.00. The topological polar surface area (TPSA) is 97.0 Å². The Bertz CT molecular complexity index is 890. The standard InChI is InChI=1S/C22H25N3O5/c1-15(30-22(28)17-3-5-18(6-4-17)23-16(2)26)21(27)24-19-7-9-20(10-8-19)25-11-13-29-14-12-25/h3-10,15H,11-14H2,1-2H3,(H,23,26)(H,24,27)/t15-/m1/s1. The zero-order valence-corrected chi connectivity index (χ0v) is 17.0. The Balaban J connectivity index is 1.52. The van der Waals surface area contributed by atoms with Crippen LogP contribution in [0.3, 0.4) is 0 Å². The molecule has 0 aliphatic carbocycles. The second-order valence-corrected chi connectivity index (χ2v) is 6.94. The summed E-state index contributed by atoms with van der Waals surface area (Å²) in [5, 5.41) is 5.37. The van der Waals surface area contributed by atoms with Gasteiger partial charge in [-0.2, -0.15) is 0 Å². The third kappa shape index (κ3) is 5.81. The number of amides is 2. The molecule has 30 heavy (non-hydrogen) atoms.